The Kier molecular flexibility index (Phi) is 6.15. The van der Waals surface area contributed by atoms with Gasteiger partial charge in [-0.1, -0.05) is 0 Å². The molecule has 148 valence electrons. The molecule has 2 aromatic heterocycles. The van der Waals surface area contributed by atoms with Gasteiger partial charge in [0.1, 0.15) is 5.52 Å². The van der Waals surface area contributed by atoms with Crippen molar-refractivity contribution in [3.63, 3.8) is 0 Å². The van der Waals surface area contributed by atoms with Gasteiger partial charge in [-0.15, -0.1) is 0 Å². The molecule has 0 bridgehead atoms. The second-order valence-corrected chi connectivity index (χ2v) is 7.08. The molecule has 0 radical (unpaired) electrons. The molecule has 0 saturated heterocycles. The van der Waals surface area contributed by atoms with E-state index in [1.54, 1.807) is 0 Å². The van der Waals surface area contributed by atoms with Crippen molar-refractivity contribution < 1.29 is 19.0 Å². The first-order valence-electron chi connectivity index (χ1n) is 9.44. The first kappa shape index (κ1) is 19.4. The number of nitrogens with one attached hydrogen (secondary N) is 1. The summed E-state index contributed by atoms with van der Waals surface area (Å²) in [6.45, 7) is 7.11. The molecule has 1 aliphatic rings. The van der Waals surface area contributed by atoms with Crippen molar-refractivity contribution in [1.29, 1.82) is 0 Å². The molecular weight excluding hydrogens is 348 g/mol. The second kappa shape index (κ2) is 8.56. The number of pyridine rings is 1. The highest BCUT2D eigenvalue weighted by molar-refractivity contribution is 5.73. The van der Waals surface area contributed by atoms with Crippen molar-refractivity contribution >= 4 is 17.1 Å². The lowest BCUT2D eigenvalue weighted by atomic mass is 9.83. The highest BCUT2D eigenvalue weighted by atomic mass is 16.5. The Morgan fingerprint density at radius 3 is 2.81 bits per heavy atom. The minimum Gasteiger partial charge on any atom is -0.477 e. The van der Waals surface area contributed by atoms with Gasteiger partial charge in [0.2, 0.25) is 11.8 Å². The van der Waals surface area contributed by atoms with Crippen LogP contribution in [0.3, 0.4) is 0 Å². The van der Waals surface area contributed by atoms with Crippen molar-refractivity contribution in [2.75, 3.05) is 19.8 Å². The Hall–Kier alpha value is -2.35. The molecule has 8 heteroatoms. The van der Waals surface area contributed by atoms with Crippen LogP contribution in [0.5, 0.6) is 11.9 Å². The van der Waals surface area contributed by atoms with E-state index in [9.17, 15) is 4.79 Å². The molecule has 0 aromatic carbocycles. The zero-order chi connectivity index (χ0) is 19.4. The molecule has 27 heavy (non-hydrogen) atoms. The van der Waals surface area contributed by atoms with Crippen LogP contribution in [0.1, 0.15) is 33.6 Å². The van der Waals surface area contributed by atoms with Gasteiger partial charge in [-0.3, -0.25) is 9.36 Å². The molecule has 3 rings (SSSR count). The molecule has 0 aliphatic heterocycles. The standard InChI is InChI=1S/C19H28N4O4/c1-5-25-19-21-16-6-7-17(22-18(16)23(19)4)27-11-14-8-15(9-14)26-10-12(2)20-13(3)24/h6-7,12,14-15H,5,8-11H2,1-4H3,(H,20,24)/t12?,14-,15+. The highest BCUT2D eigenvalue weighted by Crippen LogP contribution is 2.31. The molecule has 1 amide bonds. The molecule has 1 unspecified atom stereocenters. The van der Waals surface area contributed by atoms with Crippen LogP contribution in [0.25, 0.3) is 11.2 Å². The Morgan fingerprint density at radius 2 is 2.11 bits per heavy atom. The predicted octanol–water partition coefficient (Wildman–Crippen LogP) is 2.07. The smallest absolute Gasteiger partial charge is 0.298 e. The fraction of sp³-hybridized carbons (Fsp3) is 0.632. The van der Waals surface area contributed by atoms with Gasteiger partial charge >= 0.3 is 0 Å². The number of fused-ring (bicyclic) bond motifs is 1. The highest BCUT2D eigenvalue weighted by Gasteiger charge is 2.31. The molecule has 1 fully saturated rings. The van der Waals surface area contributed by atoms with Crippen molar-refractivity contribution in [1.82, 2.24) is 19.9 Å². The van der Waals surface area contributed by atoms with Crippen LogP contribution in [0.4, 0.5) is 0 Å². The number of hydrogen-bond donors (Lipinski definition) is 1. The van der Waals surface area contributed by atoms with E-state index in [0.717, 1.165) is 24.0 Å². The molecule has 8 nitrogen and oxygen atoms in total. The van der Waals surface area contributed by atoms with E-state index < -0.39 is 0 Å². The minimum atomic E-state index is -0.0303. The molecule has 2 heterocycles. The number of carbonyl (C=O) groups is 1. The van der Waals surface area contributed by atoms with Crippen molar-refractivity contribution in [2.24, 2.45) is 13.0 Å². The second-order valence-electron chi connectivity index (χ2n) is 7.08. The number of imidazole rings is 1. The van der Waals surface area contributed by atoms with Gasteiger partial charge in [0.05, 0.1) is 25.9 Å². The van der Waals surface area contributed by atoms with Gasteiger partial charge in [0, 0.05) is 26.1 Å². The molecule has 2 aromatic rings. The molecule has 1 aliphatic carbocycles. The summed E-state index contributed by atoms with van der Waals surface area (Å²) in [6.07, 6.45) is 2.18. The van der Waals surface area contributed by atoms with E-state index in [1.165, 1.54) is 6.92 Å². The van der Waals surface area contributed by atoms with E-state index >= 15 is 0 Å². The summed E-state index contributed by atoms with van der Waals surface area (Å²) in [6, 6.07) is 4.34. The third-order valence-electron chi connectivity index (χ3n) is 4.61. The van der Waals surface area contributed by atoms with Gasteiger partial charge in [-0.2, -0.15) is 9.97 Å². The van der Waals surface area contributed by atoms with Gasteiger partial charge in [0.25, 0.3) is 6.01 Å². The maximum absolute atomic E-state index is 11.0. The third kappa shape index (κ3) is 4.88. The third-order valence-corrected chi connectivity index (χ3v) is 4.61. The Labute approximate surface area is 159 Å². The van der Waals surface area contributed by atoms with Crippen LogP contribution >= 0.6 is 0 Å². The lowest BCUT2D eigenvalue weighted by molar-refractivity contribution is -0.120. The van der Waals surface area contributed by atoms with Gasteiger partial charge in [-0.05, 0) is 38.7 Å². The van der Waals surface area contributed by atoms with E-state index in [2.05, 4.69) is 15.3 Å². The van der Waals surface area contributed by atoms with Crippen molar-refractivity contribution in [3.05, 3.63) is 12.1 Å². The van der Waals surface area contributed by atoms with E-state index in [0.29, 0.717) is 37.6 Å². The van der Waals surface area contributed by atoms with E-state index in [4.69, 9.17) is 14.2 Å². The van der Waals surface area contributed by atoms with Gasteiger partial charge in [0.15, 0.2) is 5.65 Å². The number of rotatable bonds is 9. The number of hydrogen-bond acceptors (Lipinski definition) is 6. The molecule has 0 spiro atoms. The van der Waals surface area contributed by atoms with Crippen LogP contribution < -0.4 is 14.8 Å². The summed E-state index contributed by atoms with van der Waals surface area (Å²) in [5.74, 6) is 1.03. The number of ether oxygens (including phenoxy) is 3. The largest absolute Gasteiger partial charge is 0.477 e. The fourth-order valence-corrected chi connectivity index (χ4v) is 3.18. The first-order chi connectivity index (χ1) is 13.0. The lowest BCUT2D eigenvalue weighted by Gasteiger charge is -2.35. The molecular formula is C19H28N4O4. The Bertz CT molecular complexity index is 785. The Balaban J connectivity index is 1.43. The maximum atomic E-state index is 11.0. The number of nitrogens with zero attached hydrogens (tertiary/aromatic N) is 3. The van der Waals surface area contributed by atoms with E-state index in [-0.39, 0.29) is 18.1 Å². The summed E-state index contributed by atoms with van der Waals surface area (Å²) in [5.41, 5.74) is 1.54. The van der Waals surface area contributed by atoms with Crippen molar-refractivity contribution in [2.45, 2.75) is 45.8 Å². The quantitative estimate of drug-likeness (QED) is 0.721. The lowest BCUT2D eigenvalue weighted by Crippen LogP contribution is -2.40. The number of amides is 1. The van der Waals surface area contributed by atoms with Crippen LogP contribution in [0.2, 0.25) is 0 Å². The summed E-state index contributed by atoms with van der Waals surface area (Å²) in [4.78, 5) is 19.9. The maximum Gasteiger partial charge on any atom is 0.298 e. The zero-order valence-electron chi connectivity index (χ0n) is 16.4. The summed E-state index contributed by atoms with van der Waals surface area (Å²) in [7, 11) is 1.88. The average molecular weight is 376 g/mol. The molecule has 1 saturated carbocycles. The van der Waals surface area contributed by atoms with Crippen LogP contribution in [-0.2, 0) is 16.6 Å². The fourth-order valence-electron chi connectivity index (χ4n) is 3.18. The number of carbonyl (C=O) groups excluding carboxylic acids is 1. The molecule has 1 N–H and O–H groups in total. The van der Waals surface area contributed by atoms with Crippen LogP contribution in [0, 0.1) is 5.92 Å². The van der Waals surface area contributed by atoms with Gasteiger partial charge in [-0.25, -0.2) is 0 Å². The monoisotopic (exact) mass is 376 g/mol. The van der Waals surface area contributed by atoms with Gasteiger partial charge < -0.3 is 19.5 Å². The number of aryl methyl sites for hydroxylation is 1. The predicted molar refractivity (Wildman–Crippen MR) is 101 cm³/mol. The summed E-state index contributed by atoms with van der Waals surface area (Å²) >= 11 is 0. The zero-order valence-corrected chi connectivity index (χ0v) is 16.4. The summed E-state index contributed by atoms with van der Waals surface area (Å²) < 4.78 is 19.0. The minimum absolute atomic E-state index is 0.0303. The summed E-state index contributed by atoms with van der Waals surface area (Å²) in [5, 5.41) is 2.82. The average Bonchev–Trinajstić information content (AvgIpc) is 2.88. The van der Waals surface area contributed by atoms with Crippen molar-refractivity contribution in [3.8, 4) is 11.9 Å². The Morgan fingerprint density at radius 1 is 1.33 bits per heavy atom. The van der Waals surface area contributed by atoms with Crippen LogP contribution in [0.15, 0.2) is 12.1 Å². The topological polar surface area (TPSA) is 87.5 Å². The number of aromatic nitrogens is 3. The van der Waals surface area contributed by atoms with E-state index in [1.807, 2.05) is 37.6 Å². The van der Waals surface area contributed by atoms with Crippen LogP contribution in [-0.4, -0.2) is 52.4 Å². The first-order valence-corrected chi connectivity index (χ1v) is 9.44. The normalized spacial score (nSPS) is 20.1. The molecule has 1 atom stereocenters. The SMILES string of the molecule is CCOc1nc2ccc(OC[C@H]3C[C@@H](OCC(C)NC(C)=O)C3)nc2n1C.